The standard InChI is InChI=1S/C21H16N2OS2/c1-3-25-19-13-23-17-11-7-5-9-15(17)21(19)26-18-12-22-16-10-6-4-8-14(16)20(18)24-2/h3-13H,1H2,2H3. The molecule has 2 aromatic carbocycles. The smallest absolute Gasteiger partial charge is 0.143 e. The summed E-state index contributed by atoms with van der Waals surface area (Å²) in [7, 11) is 1.70. The van der Waals surface area contributed by atoms with E-state index in [4.69, 9.17) is 4.74 Å². The van der Waals surface area contributed by atoms with E-state index in [1.165, 1.54) is 0 Å². The number of rotatable bonds is 5. The lowest BCUT2D eigenvalue weighted by Crippen LogP contribution is -1.92. The highest BCUT2D eigenvalue weighted by Gasteiger charge is 2.15. The number of hydrogen-bond donors (Lipinski definition) is 0. The number of ether oxygens (including phenoxy) is 1. The van der Waals surface area contributed by atoms with Gasteiger partial charge in [0.25, 0.3) is 0 Å². The predicted octanol–water partition coefficient (Wildman–Crippen LogP) is 6.18. The lowest BCUT2D eigenvalue weighted by molar-refractivity contribution is 0.409. The fraction of sp³-hybridized carbons (Fsp3) is 0.0476. The molecule has 0 spiro atoms. The van der Waals surface area contributed by atoms with Crippen LogP contribution in [0.2, 0.25) is 0 Å². The van der Waals surface area contributed by atoms with E-state index in [9.17, 15) is 0 Å². The summed E-state index contributed by atoms with van der Waals surface area (Å²) in [6.45, 7) is 3.85. The Labute approximate surface area is 160 Å². The van der Waals surface area contributed by atoms with Gasteiger partial charge < -0.3 is 4.74 Å². The van der Waals surface area contributed by atoms with Crippen LogP contribution in [-0.2, 0) is 0 Å². The van der Waals surface area contributed by atoms with Crippen molar-refractivity contribution in [1.29, 1.82) is 0 Å². The van der Waals surface area contributed by atoms with Gasteiger partial charge in [-0.2, -0.15) is 0 Å². The first-order valence-electron chi connectivity index (χ1n) is 8.06. The van der Waals surface area contributed by atoms with Crippen LogP contribution in [0, 0.1) is 0 Å². The van der Waals surface area contributed by atoms with E-state index in [0.29, 0.717) is 0 Å². The topological polar surface area (TPSA) is 35.0 Å². The van der Waals surface area contributed by atoms with Crippen molar-refractivity contribution in [2.75, 3.05) is 7.11 Å². The first-order valence-corrected chi connectivity index (χ1v) is 9.76. The third-order valence-corrected chi connectivity index (χ3v) is 6.03. The van der Waals surface area contributed by atoms with Gasteiger partial charge >= 0.3 is 0 Å². The zero-order valence-corrected chi connectivity index (χ0v) is 15.8. The van der Waals surface area contributed by atoms with Gasteiger partial charge in [-0.25, -0.2) is 0 Å². The van der Waals surface area contributed by atoms with E-state index in [-0.39, 0.29) is 0 Å². The molecule has 3 nitrogen and oxygen atoms in total. The Morgan fingerprint density at radius 2 is 1.50 bits per heavy atom. The molecule has 0 aliphatic carbocycles. The highest BCUT2D eigenvalue weighted by atomic mass is 32.2. The molecule has 26 heavy (non-hydrogen) atoms. The minimum atomic E-state index is 0.844. The molecule has 4 aromatic rings. The Kier molecular flexibility index (Phi) is 4.82. The monoisotopic (exact) mass is 376 g/mol. The Bertz CT molecular complexity index is 1110. The minimum absolute atomic E-state index is 0.844. The van der Waals surface area contributed by atoms with E-state index < -0.39 is 0 Å². The third kappa shape index (κ3) is 3.04. The Balaban J connectivity index is 1.91. The minimum Gasteiger partial charge on any atom is -0.495 e. The molecule has 0 N–H and O–H groups in total. The van der Waals surface area contributed by atoms with Crippen molar-refractivity contribution in [2.45, 2.75) is 14.7 Å². The number of methoxy groups -OCH3 is 1. The molecule has 2 heterocycles. The molecule has 0 radical (unpaired) electrons. The summed E-state index contributed by atoms with van der Waals surface area (Å²) >= 11 is 3.23. The van der Waals surface area contributed by atoms with Crippen molar-refractivity contribution in [3.63, 3.8) is 0 Å². The fourth-order valence-electron chi connectivity index (χ4n) is 2.87. The van der Waals surface area contributed by atoms with Gasteiger partial charge in [0.1, 0.15) is 5.75 Å². The molecular weight excluding hydrogens is 360 g/mol. The average molecular weight is 377 g/mol. The molecule has 5 heteroatoms. The molecule has 4 rings (SSSR count). The number of thioether (sulfide) groups is 1. The lowest BCUT2D eigenvalue weighted by Gasteiger charge is -2.14. The van der Waals surface area contributed by atoms with Crippen LogP contribution in [0.1, 0.15) is 0 Å². The second kappa shape index (κ2) is 7.40. The molecule has 0 unspecified atom stereocenters. The largest absolute Gasteiger partial charge is 0.495 e. The zero-order valence-electron chi connectivity index (χ0n) is 14.2. The molecule has 0 aliphatic heterocycles. The van der Waals surface area contributed by atoms with Gasteiger partial charge in [0.2, 0.25) is 0 Å². The molecule has 0 saturated carbocycles. The molecule has 128 valence electrons. The molecule has 0 atom stereocenters. The highest BCUT2D eigenvalue weighted by molar-refractivity contribution is 8.04. The number of benzene rings is 2. The second-order valence-corrected chi connectivity index (χ2v) is 7.59. The van der Waals surface area contributed by atoms with Gasteiger partial charge in [0.15, 0.2) is 0 Å². The zero-order chi connectivity index (χ0) is 17.9. The number of fused-ring (bicyclic) bond motifs is 2. The number of nitrogens with zero attached hydrogens (tertiary/aromatic N) is 2. The van der Waals surface area contributed by atoms with Crippen molar-refractivity contribution in [2.24, 2.45) is 0 Å². The van der Waals surface area contributed by atoms with Crippen molar-refractivity contribution < 1.29 is 4.74 Å². The van der Waals surface area contributed by atoms with E-state index >= 15 is 0 Å². The number of pyridine rings is 2. The molecular formula is C21H16N2OS2. The third-order valence-electron chi connectivity index (χ3n) is 4.01. The van der Waals surface area contributed by atoms with Crippen LogP contribution in [0.3, 0.4) is 0 Å². The van der Waals surface area contributed by atoms with Crippen molar-refractivity contribution in [3.05, 3.63) is 72.9 Å². The summed E-state index contributed by atoms with van der Waals surface area (Å²) in [5.74, 6) is 0.844. The molecule has 0 amide bonds. The van der Waals surface area contributed by atoms with Gasteiger partial charge in [0.05, 0.1) is 23.0 Å². The Morgan fingerprint density at radius 3 is 2.19 bits per heavy atom. The van der Waals surface area contributed by atoms with E-state index in [2.05, 4.69) is 22.6 Å². The summed E-state index contributed by atoms with van der Waals surface area (Å²) in [5, 5.41) is 3.95. The summed E-state index contributed by atoms with van der Waals surface area (Å²) in [6.07, 6.45) is 3.78. The first-order chi connectivity index (χ1) is 12.8. The summed E-state index contributed by atoms with van der Waals surface area (Å²) in [4.78, 5) is 12.3. The van der Waals surface area contributed by atoms with Gasteiger partial charge in [-0.15, -0.1) is 0 Å². The SMILES string of the molecule is C=CSc1cnc2ccccc2c1Sc1cnc2ccccc2c1OC. The molecule has 0 fully saturated rings. The molecule has 0 saturated heterocycles. The van der Waals surface area contributed by atoms with E-state index in [0.717, 1.165) is 42.2 Å². The molecule has 0 bridgehead atoms. The Hall–Kier alpha value is -2.50. The molecule has 0 aliphatic rings. The summed E-state index contributed by atoms with van der Waals surface area (Å²) in [6, 6.07) is 16.2. The molecule has 2 aromatic heterocycles. The van der Waals surface area contributed by atoms with Crippen molar-refractivity contribution in [1.82, 2.24) is 9.97 Å². The average Bonchev–Trinajstić information content (AvgIpc) is 2.69. The van der Waals surface area contributed by atoms with Crippen molar-refractivity contribution >= 4 is 45.3 Å². The van der Waals surface area contributed by atoms with Gasteiger partial charge in [-0.3, -0.25) is 9.97 Å². The van der Waals surface area contributed by atoms with Crippen LogP contribution in [0.5, 0.6) is 5.75 Å². The van der Waals surface area contributed by atoms with Crippen LogP contribution < -0.4 is 4.74 Å². The van der Waals surface area contributed by atoms with Crippen LogP contribution in [0.4, 0.5) is 0 Å². The van der Waals surface area contributed by atoms with Crippen LogP contribution in [0.15, 0.2) is 87.6 Å². The summed E-state index contributed by atoms with van der Waals surface area (Å²) < 4.78 is 5.74. The van der Waals surface area contributed by atoms with E-state index in [1.807, 2.05) is 60.3 Å². The van der Waals surface area contributed by atoms with Crippen molar-refractivity contribution in [3.8, 4) is 5.75 Å². The Morgan fingerprint density at radius 1 is 0.885 bits per heavy atom. The highest BCUT2D eigenvalue weighted by Crippen LogP contribution is 2.44. The van der Waals surface area contributed by atoms with Crippen LogP contribution >= 0.6 is 23.5 Å². The quantitative estimate of drug-likeness (QED) is 0.389. The number of para-hydroxylation sites is 2. The normalized spacial score (nSPS) is 11.0. The first kappa shape index (κ1) is 16.9. The fourth-order valence-corrected chi connectivity index (χ4v) is 4.69. The van der Waals surface area contributed by atoms with E-state index in [1.54, 1.807) is 30.6 Å². The van der Waals surface area contributed by atoms with Gasteiger partial charge in [0, 0.05) is 33.0 Å². The van der Waals surface area contributed by atoms with Crippen LogP contribution in [-0.4, -0.2) is 17.1 Å². The predicted molar refractivity (Wildman–Crippen MR) is 110 cm³/mol. The van der Waals surface area contributed by atoms with Crippen LogP contribution in [0.25, 0.3) is 21.8 Å². The van der Waals surface area contributed by atoms with Gasteiger partial charge in [-0.1, -0.05) is 60.4 Å². The maximum Gasteiger partial charge on any atom is 0.143 e. The lowest BCUT2D eigenvalue weighted by atomic mass is 10.2. The number of aromatic nitrogens is 2. The van der Waals surface area contributed by atoms with Gasteiger partial charge in [-0.05, 0) is 23.6 Å². The maximum atomic E-state index is 5.74. The maximum absolute atomic E-state index is 5.74. The second-order valence-electron chi connectivity index (χ2n) is 5.53. The number of hydrogen-bond acceptors (Lipinski definition) is 5. The summed E-state index contributed by atoms with van der Waals surface area (Å²) in [5.41, 5.74) is 1.89.